The highest BCUT2D eigenvalue weighted by atomic mass is 15.3. The molecule has 0 N–H and O–H groups in total. The van der Waals surface area contributed by atoms with Crippen molar-refractivity contribution in [2.45, 2.75) is 32.9 Å². The highest BCUT2D eigenvalue weighted by Crippen LogP contribution is 2.30. The van der Waals surface area contributed by atoms with Crippen LogP contribution >= 0.6 is 0 Å². The number of nitriles is 1. The average molecular weight is 395 g/mol. The third kappa shape index (κ3) is 2.94. The number of pyridine rings is 1. The van der Waals surface area contributed by atoms with E-state index in [0.29, 0.717) is 6.42 Å². The summed E-state index contributed by atoms with van der Waals surface area (Å²) in [4.78, 5) is 0. The molecule has 1 unspecified atom stereocenters. The lowest BCUT2D eigenvalue weighted by Crippen LogP contribution is -2.06. The van der Waals surface area contributed by atoms with Gasteiger partial charge in [0.2, 0.25) is 0 Å². The molecule has 4 heterocycles. The second-order valence-electron chi connectivity index (χ2n) is 7.54. The van der Waals surface area contributed by atoms with Gasteiger partial charge in [-0.15, -0.1) is 10.2 Å². The van der Waals surface area contributed by atoms with E-state index in [1.165, 1.54) is 5.56 Å². The van der Waals surface area contributed by atoms with E-state index in [1.54, 1.807) is 0 Å². The molecule has 0 aliphatic heterocycles. The van der Waals surface area contributed by atoms with Crippen LogP contribution in [0.25, 0.3) is 28.1 Å². The Bertz CT molecular complexity index is 1380. The normalized spacial score (nSPS) is 12.4. The third-order valence-electron chi connectivity index (χ3n) is 5.49. The summed E-state index contributed by atoms with van der Waals surface area (Å²) in [6, 6.07) is 20.9. The second-order valence-corrected chi connectivity index (χ2v) is 7.54. The standard InChI is InChI=1S/C23H21N7/c1-16(10-12-24)29-13-11-19(27-29)21-14-22-20(8-9-23-26-25-17(2)30(22)23)28(21)15-18-6-4-3-5-7-18/h3-9,11,13-14,16H,10,15H2,1-2H3. The van der Waals surface area contributed by atoms with Gasteiger partial charge in [0.05, 0.1) is 35.3 Å². The topological polar surface area (TPSA) is 76.7 Å². The number of fused-ring (bicyclic) bond motifs is 3. The van der Waals surface area contributed by atoms with Crippen molar-refractivity contribution in [1.29, 1.82) is 5.26 Å². The van der Waals surface area contributed by atoms with Crippen molar-refractivity contribution in [3.8, 4) is 17.5 Å². The molecule has 0 bridgehead atoms. The molecular weight excluding hydrogens is 374 g/mol. The first-order chi connectivity index (χ1) is 14.7. The summed E-state index contributed by atoms with van der Waals surface area (Å²) in [5.41, 5.74) is 6.11. The Morgan fingerprint density at radius 2 is 1.87 bits per heavy atom. The van der Waals surface area contributed by atoms with Crippen LogP contribution in [0.3, 0.4) is 0 Å². The Balaban J connectivity index is 1.72. The zero-order chi connectivity index (χ0) is 20.7. The molecule has 0 aliphatic carbocycles. The van der Waals surface area contributed by atoms with Crippen LogP contribution in [0.4, 0.5) is 0 Å². The van der Waals surface area contributed by atoms with Gasteiger partial charge in [-0.1, -0.05) is 30.3 Å². The number of rotatable bonds is 5. The van der Waals surface area contributed by atoms with Crippen LogP contribution in [0, 0.1) is 18.3 Å². The van der Waals surface area contributed by atoms with Crippen molar-refractivity contribution in [2.24, 2.45) is 0 Å². The number of nitrogens with zero attached hydrogens (tertiary/aromatic N) is 7. The summed E-state index contributed by atoms with van der Waals surface area (Å²) < 4.78 is 6.23. The molecule has 7 nitrogen and oxygen atoms in total. The van der Waals surface area contributed by atoms with Crippen molar-refractivity contribution in [3.05, 3.63) is 72.2 Å². The molecule has 0 radical (unpaired) electrons. The number of benzene rings is 1. The van der Waals surface area contributed by atoms with Crippen LogP contribution in [0.15, 0.2) is 60.8 Å². The Kier molecular flexibility index (Phi) is 4.32. The summed E-state index contributed by atoms with van der Waals surface area (Å²) in [7, 11) is 0. The molecule has 0 amide bonds. The van der Waals surface area contributed by atoms with Gasteiger partial charge in [-0.25, -0.2) is 0 Å². The minimum Gasteiger partial charge on any atom is -0.333 e. The van der Waals surface area contributed by atoms with Crippen LogP contribution in [0.1, 0.15) is 30.8 Å². The highest BCUT2D eigenvalue weighted by molar-refractivity contribution is 5.86. The Hall–Kier alpha value is -3.92. The quantitative estimate of drug-likeness (QED) is 0.442. The first-order valence-electron chi connectivity index (χ1n) is 9.96. The van der Waals surface area contributed by atoms with Gasteiger partial charge in [-0.3, -0.25) is 9.08 Å². The Labute approximate surface area is 173 Å². The fourth-order valence-electron chi connectivity index (χ4n) is 3.94. The zero-order valence-electron chi connectivity index (χ0n) is 16.9. The van der Waals surface area contributed by atoms with E-state index >= 15 is 0 Å². The van der Waals surface area contributed by atoms with Crippen molar-refractivity contribution >= 4 is 16.7 Å². The summed E-state index contributed by atoms with van der Waals surface area (Å²) in [5.74, 6) is 0.854. The van der Waals surface area contributed by atoms with Gasteiger partial charge in [-0.2, -0.15) is 10.4 Å². The lowest BCUT2D eigenvalue weighted by molar-refractivity contribution is 0.501. The lowest BCUT2D eigenvalue weighted by atomic mass is 10.2. The summed E-state index contributed by atoms with van der Waals surface area (Å²) in [5, 5.41) is 22.3. The van der Waals surface area contributed by atoms with Crippen molar-refractivity contribution in [1.82, 2.24) is 28.9 Å². The van der Waals surface area contributed by atoms with Crippen LogP contribution in [0.2, 0.25) is 0 Å². The van der Waals surface area contributed by atoms with Gasteiger partial charge < -0.3 is 4.57 Å². The predicted octanol–water partition coefficient (Wildman–Crippen LogP) is 4.38. The summed E-state index contributed by atoms with van der Waals surface area (Å²) in [6.07, 6.45) is 2.37. The SMILES string of the molecule is Cc1nnc2ccc3c(cc(-c4ccn(C(C)CC#N)n4)n3Cc3ccccc3)n12. The average Bonchev–Trinajstić information content (AvgIpc) is 3.47. The monoisotopic (exact) mass is 395 g/mol. The predicted molar refractivity (Wildman–Crippen MR) is 115 cm³/mol. The third-order valence-corrected chi connectivity index (χ3v) is 5.49. The van der Waals surface area contributed by atoms with Gasteiger partial charge in [0, 0.05) is 12.7 Å². The number of hydrogen-bond acceptors (Lipinski definition) is 4. The van der Waals surface area contributed by atoms with Crippen molar-refractivity contribution < 1.29 is 0 Å². The van der Waals surface area contributed by atoms with E-state index in [1.807, 2.05) is 42.9 Å². The maximum Gasteiger partial charge on any atom is 0.161 e. The molecule has 1 aromatic carbocycles. The van der Waals surface area contributed by atoms with Gasteiger partial charge >= 0.3 is 0 Å². The second kappa shape index (κ2) is 7.16. The van der Waals surface area contributed by atoms with E-state index in [-0.39, 0.29) is 6.04 Å². The van der Waals surface area contributed by atoms with Crippen LogP contribution in [-0.2, 0) is 6.54 Å². The summed E-state index contributed by atoms with van der Waals surface area (Å²) >= 11 is 0. The van der Waals surface area contributed by atoms with Crippen LogP contribution < -0.4 is 0 Å². The highest BCUT2D eigenvalue weighted by Gasteiger charge is 2.18. The van der Waals surface area contributed by atoms with E-state index in [0.717, 1.165) is 40.4 Å². The molecule has 0 aliphatic rings. The van der Waals surface area contributed by atoms with Crippen molar-refractivity contribution in [2.75, 3.05) is 0 Å². The Morgan fingerprint density at radius 1 is 1.03 bits per heavy atom. The molecule has 30 heavy (non-hydrogen) atoms. The fraction of sp³-hybridized carbons (Fsp3) is 0.217. The largest absolute Gasteiger partial charge is 0.333 e. The molecule has 0 fully saturated rings. The van der Waals surface area contributed by atoms with E-state index in [2.05, 4.69) is 61.6 Å². The minimum absolute atomic E-state index is 0.0301. The maximum atomic E-state index is 9.02. The molecule has 0 saturated carbocycles. The molecular formula is C23H21N7. The molecule has 5 rings (SSSR count). The molecule has 7 heteroatoms. The van der Waals surface area contributed by atoms with Crippen LogP contribution in [0.5, 0.6) is 0 Å². The molecule has 0 spiro atoms. The van der Waals surface area contributed by atoms with Crippen LogP contribution in [-0.4, -0.2) is 28.9 Å². The minimum atomic E-state index is 0.0301. The lowest BCUT2D eigenvalue weighted by Gasteiger charge is -2.11. The first kappa shape index (κ1) is 18.1. The van der Waals surface area contributed by atoms with Gasteiger partial charge in [-0.05, 0) is 43.7 Å². The first-order valence-corrected chi connectivity index (χ1v) is 9.96. The van der Waals surface area contributed by atoms with E-state index in [4.69, 9.17) is 10.4 Å². The number of hydrogen-bond donors (Lipinski definition) is 0. The molecule has 0 saturated heterocycles. The van der Waals surface area contributed by atoms with E-state index in [9.17, 15) is 0 Å². The number of aryl methyl sites for hydroxylation is 1. The van der Waals surface area contributed by atoms with Gasteiger partial charge in [0.25, 0.3) is 0 Å². The Morgan fingerprint density at radius 3 is 2.67 bits per heavy atom. The zero-order valence-corrected chi connectivity index (χ0v) is 16.9. The summed E-state index contributed by atoms with van der Waals surface area (Å²) in [6.45, 7) is 4.70. The van der Waals surface area contributed by atoms with Gasteiger partial charge in [0.15, 0.2) is 5.65 Å². The molecule has 5 aromatic rings. The maximum absolute atomic E-state index is 9.02. The van der Waals surface area contributed by atoms with E-state index < -0.39 is 0 Å². The molecule has 148 valence electrons. The van der Waals surface area contributed by atoms with Crippen molar-refractivity contribution in [3.63, 3.8) is 0 Å². The molecule has 4 aromatic heterocycles. The van der Waals surface area contributed by atoms with Gasteiger partial charge in [0.1, 0.15) is 11.5 Å². The fourth-order valence-corrected chi connectivity index (χ4v) is 3.94. The number of aromatic nitrogens is 6. The smallest absolute Gasteiger partial charge is 0.161 e. The molecule has 1 atom stereocenters.